The van der Waals surface area contributed by atoms with Crippen LogP contribution in [0.25, 0.3) is 0 Å². The van der Waals surface area contributed by atoms with Gasteiger partial charge < -0.3 is 10.1 Å². The van der Waals surface area contributed by atoms with Crippen molar-refractivity contribution < 1.29 is 9.53 Å². The van der Waals surface area contributed by atoms with Crippen molar-refractivity contribution in [3.05, 3.63) is 64.7 Å². The number of benzene rings is 2. The highest BCUT2D eigenvalue weighted by atomic mass is 16.5. The molecule has 24 heavy (non-hydrogen) atoms. The van der Waals surface area contributed by atoms with Crippen LogP contribution in [0.3, 0.4) is 0 Å². The highest BCUT2D eigenvalue weighted by Crippen LogP contribution is 2.26. The molecule has 0 fully saturated rings. The van der Waals surface area contributed by atoms with Crippen LogP contribution in [-0.4, -0.2) is 13.0 Å². The number of ether oxygens (including phenoxy) is 1. The lowest BCUT2D eigenvalue weighted by atomic mass is 9.88. The van der Waals surface area contributed by atoms with Crippen LogP contribution in [0, 0.1) is 0 Å². The minimum absolute atomic E-state index is 0.0379. The smallest absolute Gasteiger partial charge is 0.251 e. The first-order chi connectivity index (χ1) is 11.7. The second-order valence-corrected chi connectivity index (χ2v) is 6.40. The number of rotatable bonds is 5. The molecular formula is C21H25NO2. The third-order valence-electron chi connectivity index (χ3n) is 4.82. The van der Waals surface area contributed by atoms with Crippen LogP contribution in [0.1, 0.15) is 59.3 Å². The van der Waals surface area contributed by atoms with Gasteiger partial charge in [-0.3, -0.25) is 4.79 Å². The molecule has 0 spiro atoms. The monoisotopic (exact) mass is 323 g/mol. The Labute approximate surface area is 144 Å². The van der Waals surface area contributed by atoms with Gasteiger partial charge in [0.25, 0.3) is 5.91 Å². The zero-order valence-electron chi connectivity index (χ0n) is 14.5. The fraction of sp³-hybridized carbons (Fsp3) is 0.381. The molecule has 0 aliphatic heterocycles. The van der Waals surface area contributed by atoms with Crippen molar-refractivity contribution in [3.8, 4) is 5.75 Å². The van der Waals surface area contributed by atoms with Crippen molar-refractivity contribution in [2.24, 2.45) is 0 Å². The SMILES string of the molecule is CC[C@@H](NC(=O)c1cccc(OC)c1)c1ccc2c(c1)CCCC2. The number of fused-ring (bicyclic) bond motifs is 1. The first-order valence-corrected chi connectivity index (χ1v) is 8.78. The highest BCUT2D eigenvalue weighted by Gasteiger charge is 2.17. The van der Waals surface area contributed by atoms with Gasteiger partial charge in [0.15, 0.2) is 0 Å². The quantitative estimate of drug-likeness (QED) is 0.882. The summed E-state index contributed by atoms with van der Waals surface area (Å²) in [6.07, 6.45) is 5.76. The number of hydrogen-bond acceptors (Lipinski definition) is 2. The molecule has 126 valence electrons. The minimum atomic E-state index is -0.0570. The van der Waals surface area contributed by atoms with E-state index < -0.39 is 0 Å². The molecule has 3 nitrogen and oxygen atoms in total. The molecule has 1 amide bonds. The molecule has 0 bridgehead atoms. The van der Waals surface area contributed by atoms with E-state index in [1.807, 2.05) is 18.2 Å². The maximum absolute atomic E-state index is 12.6. The van der Waals surface area contributed by atoms with Crippen molar-refractivity contribution in [2.75, 3.05) is 7.11 Å². The maximum Gasteiger partial charge on any atom is 0.251 e. The summed E-state index contributed by atoms with van der Waals surface area (Å²) in [6, 6.07) is 14.0. The van der Waals surface area contributed by atoms with Crippen molar-refractivity contribution in [3.63, 3.8) is 0 Å². The number of aryl methyl sites for hydroxylation is 2. The molecule has 0 saturated heterocycles. The van der Waals surface area contributed by atoms with Gasteiger partial charge in [-0.15, -0.1) is 0 Å². The van der Waals surface area contributed by atoms with Crippen LogP contribution in [-0.2, 0) is 12.8 Å². The number of carbonyl (C=O) groups excluding carboxylic acids is 1. The Morgan fingerprint density at radius 1 is 1.12 bits per heavy atom. The van der Waals surface area contributed by atoms with Gasteiger partial charge in [0.2, 0.25) is 0 Å². The molecule has 0 radical (unpaired) electrons. The third kappa shape index (κ3) is 3.61. The van der Waals surface area contributed by atoms with E-state index in [1.54, 1.807) is 13.2 Å². The topological polar surface area (TPSA) is 38.3 Å². The van der Waals surface area contributed by atoms with Crippen molar-refractivity contribution >= 4 is 5.91 Å². The first kappa shape index (κ1) is 16.6. The molecule has 1 aliphatic carbocycles. The fourth-order valence-electron chi connectivity index (χ4n) is 3.40. The van der Waals surface area contributed by atoms with E-state index in [0.29, 0.717) is 11.3 Å². The summed E-state index contributed by atoms with van der Waals surface area (Å²) in [6.45, 7) is 2.11. The van der Waals surface area contributed by atoms with Gasteiger partial charge >= 0.3 is 0 Å². The molecular weight excluding hydrogens is 298 g/mol. The summed E-state index contributed by atoms with van der Waals surface area (Å²) in [5.74, 6) is 0.642. The van der Waals surface area contributed by atoms with Gasteiger partial charge in [0, 0.05) is 5.56 Å². The Kier molecular flexibility index (Phi) is 5.19. The second kappa shape index (κ2) is 7.52. The summed E-state index contributed by atoms with van der Waals surface area (Å²) in [4.78, 5) is 12.6. The van der Waals surface area contributed by atoms with Gasteiger partial charge in [-0.1, -0.05) is 31.2 Å². The molecule has 0 unspecified atom stereocenters. The Hall–Kier alpha value is -2.29. The normalized spacial score (nSPS) is 14.6. The van der Waals surface area contributed by atoms with Gasteiger partial charge in [0.05, 0.1) is 13.2 Å². The van der Waals surface area contributed by atoms with Crippen LogP contribution in [0.2, 0.25) is 0 Å². The summed E-state index contributed by atoms with van der Waals surface area (Å²) < 4.78 is 5.20. The van der Waals surface area contributed by atoms with Crippen LogP contribution >= 0.6 is 0 Å². The van der Waals surface area contributed by atoms with E-state index in [4.69, 9.17) is 4.74 Å². The van der Waals surface area contributed by atoms with E-state index in [9.17, 15) is 4.79 Å². The molecule has 3 rings (SSSR count). The Bertz CT molecular complexity index is 724. The van der Waals surface area contributed by atoms with Crippen LogP contribution in [0.5, 0.6) is 5.75 Å². The third-order valence-corrected chi connectivity index (χ3v) is 4.82. The molecule has 0 saturated carbocycles. The first-order valence-electron chi connectivity index (χ1n) is 8.78. The Balaban J connectivity index is 1.77. The average Bonchev–Trinajstić information content (AvgIpc) is 2.65. The van der Waals surface area contributed by atoms with Crippen LogP contribution in [0.4, 0.5) is 0 Å². The zero-order valence-corrected chi connectivity index (χ0v) is 14.5. The highest BCUT2D eigenvalue weighted by molar-refractivity contribution is 5.94. The van der Waals surface area contributed by atoms with Gasteiger partial charge in [-0.25, -0.2) is 0 Å². The molecule has 3 heteroatoms. The van der Waals surface area contributed by atoms with Gasteiger partial charge in [-0.05, 0) is 67.0 Å². The summed E-state index contributed by atoms with van der Waals surface area (Å²) in [5, 5.41) is 3.16. The fourth-order valence-corrected chi connectivity index (χ4v) is 3.40. The standard InChI is InChI=1S/C21H25NO2/c1-3-20(17-12-11-15-7-4-5-8-16(15)13-17)22-21(23)18-9-6-10-19(14-18)24-2/h6,9-14,20H,3-5,7-8H2,1-2H3,(H,22,23)/t20-/m1/s1. The predicted octanol–water partition coefficient (Wildman–Crippen LogP) is 4.46. The number of carbonyl (C=O) groups is 1. The Morgan fingerprint density at radius 2 is 1.92 bits per heavy atom. The average molecular weight is 323 g/mol. The van der Waals surface area contributed by atoms with Gasteiger partial charge in [0.1, 0.15) is 5.75 Å². The molecule has 0 aromatic heterocycles. The minimum Gasteiger partial charge on any atom is -0.497 e. The van der Waals surface area contributed by atoms with Crippen LogP contribution < -0.4 is 10.1 Å². The predicted molar refractivity (Wildman–Crippen MR) is 96.6 cm³/mol. The number of methoxy groups -OCH3 is 1. The summed E-state index contributed by atoms with van der Waals surface area (Å²) >= 11 is 0. The van der Waals surface area contributed by atoms with Crippen LogP contribution in [0.15, 0.2) is 42.5 Å². The van der Waals surface area contributed by atoms with E-state index in [2.05, 4.69) is 30.4 Å². The van der Waals surface area contributed by atoms with Crippen molar-refractivity contribution in [2.45, 2.75) is 45.1 Å². The number of hydrogen-bond donors (Lipinski definition) is 1. The van der Waals surface area contributed by atoms with E-state index in [-0.39, 0.29) is 11.9 Å². The van der Waals surface area contributed by atoms with E-state index in [0.717, 1.165) is 12.8 Å². The lowest BCUT2D eigenvalue weighted by molar-refractivity contribution is 0.0935. The molecule has 2 aromatic carbocycles. The molecule has 2 aromatic rings. The molecule has 1 aliphatic rings. The van der Waals surface area contributed by atoms with E-state index in [1.165, 1.54) is 36.0 Å². The lowest BCUT2D eigenvalue weighted by Crippen LogP contribution is -2.28. The molecule has 1 N–H and O–H groups in total. The van der Waals surface area contributed by atoms with Gasteiger partial charge in [-0.2, -0.15) is 0 Å². The zero-order chi connectivity index (χ0) is 16.9. The summed E-state index contributed by atoms with van der Waals surface area (Å²) in [7, 11) is 1.61. The molecule has 0 heterocycles. The van der Waals surface area contributed by atoms with E-state index >= 15 is 0 Å². The Morgan fingerprint density at radius 3 is 2.67 bits per heavy atom. The lowest BCUT2D eigenvalue weighted by Gasteiger charge is -2.22. The molecule has 1 atom stereocenters. The largest absolute Gasteiger partial charge is 0.497 e. The van der Waals surface area contributed by atoms with Crippen molar-refractivity contribution in [1.82, 2.24) is 5.32 Å². The number of amides is 1. The second-order valence-electron chi connectivity index (χ2n) is 6.40. The summed E-state index contributed by atoms with van der Waals surface area (Å²) in [5.41, 5.74) is 4.76. The maximum atomic E-state index is 12.6. The number of nitrogens with one attached hydrogen (secondary N) is 1. The van der Waals surface area contributed by atoms with Crippen molar-refractivity contribution in [1.29, 1.82) is 0 Å².